The second kappa shape index (κ2) is 9.18. The molecule has 4 heterocycles. The molecule has 3 N–H and O–H groups in total. The van der Waals surface area contributed by atoms with E-state index in [0.29, 0.717) is 23.6 Å². The molecule has 0 bridgehead atoms. The van der Waals surface area contributed by atoms with E-state index in [0.717, 1.165) is 22.0 Å². The fraction of sp³-hybridized carbons (Fsp3) is 0.185. The number of nitrogens with one attached hydrogen (secondary N) is 1. The molecule has 180 valence electrons. The number of fused-ring (bicyclic) bond motifs is 1. The van der Waals surface area contributed by atoms with Gasteiger partial charge in [-0.25, -0.2) is 9.97 Å². The first-order valence-electron chi connectivity index (χ1n) is 11.5. The van der Waals surface area contributed by atoms with E-state index in [-0.39, 0.29) is 16.9 Å². The molecule has 0 aliphatic carbocycles. The van der Waals surface area contributed by atoms with E-state index < -0.39 is 5.91 Å². The first-order chi connectivity index (χ1) is 17.3. The molecule has 5 aromatic rings. The van der Waals surface area contributed by atoms with Gasteiger partial charge in [0, 0.05) is 54.7 Å². The van der Waals surface area contributed by atoms with Gasteiger partial charge in [0.2, 0.25) is 0 Å². The van der Waals surface area contributed by atoms with E-state index >= 15 is 0 Å². The standard InChI is InChI=1S/C27H26N8O/c1-27(2,19-8-12-29-13-9-19)16-31-26(36)24-25(28)33-23(21-10-14-35(3)34-21)22(32-24)18-6-7-20-17(15-18)5-4-11-30-20/h4-15H,16H2,1-3H3,(H2,28,33)(H,31,36). The Bertz CT molecular complexity index is 1560. The van der Waals surface area contributed by atoms with E-state index in [2.05, 4.69) is 39.2 Å². The lowest BCUT2D eigenvalue weighted by Gasteiger charge is -2.25. The summed E-state index contributed by atoms with van der Waals surface area (Å²) in [7, 11) is 1.83. The minimum Gasteiger partial charge on any atom is -0.382 e. The zero-order chi connectivity index (χ0) is 25.3. The highest BCUT2D eigenvalue weighted by molar-refractivity contribution is 5.98. The highest BCUT2D eigenvalue weighted by Gasteiger charge is 2.25. The fourth-order valence-corrected chi connectivity index (χ4v) is 4.05. The van der Waals surface area contributed by atoms with Crippen LogP contribution in [0.1, 0.15) is 29.9 Å². The predicted molar refractivity (Wildman–Crippen MR) is 139 cm³/mol. The van der Waals surface area contributed by atoms with Crippen LogP contribution in [0.4, 0.5) is 5.82 Å². The number of nitrogens with two attached hydrogens (primary N) is 1. The number of pyridine rings is 2. The quantitative estimate of drug-likeness (QED) is 0.380. The molecule has 9 nitrogen and oxygen atoms in total. The van der Waals surface area contributed by atoms with Gasteiger partial charge in [-0.2, -0.15) is 5.10 Å². The largest absolute Gasteiger partial charge is 0.382 e. The minimum absolute atomic E-state index is 0.0427. The molecule has 0 aliphatic heterocycles. The molecule has 0 aliphatic rings. The molecule has 1 aromatic carbocycles. The molecule has 0 radical (unpaired) electrons. The third-order valence-corrected chi connectivity index (χ3v) is 6.12. The fourth-order valence-electron chi connectivity index (χ4n) is 4.05. The van der Waals surface area contributed by atoms with Gasteiger partial charge in [-0.05, 0) is 42.0 Å². The number of aryl methyl sites for hydroxylation is 1. The van der Waals surface area contributed by atoms with Crippen molar-refractivity contribution in [1.29, 1.82) is 0 Å². The summed E-state index contributed by atoms with van der Waals surface area (Å²) in [6.07, 6.45) is 7.05. The molecule has 0 spiro atoms. The van der Waals surface area contributed by atoms with E-state index in [4.69, 9.17) is 10.7 Å². The number of nitrogen functional groups attached to an aromatic ring is 1. The second-order valence-electron chi connectivity index (χ2n) is 9.24. The van der Waals surface area contributed by atoms with Gasteiger partial charge in [0.25, 0.3) is 5.91 Å². The number of benzene rings is 1. The Morgan fingerprint density at radius 1 is 1.03 bits per heavy atom. The Hall–Kier alpha value is -4.66. The number of hydrogen-bond acceptors (Lipinski definition) is 7. The maximum atomic E-state index is 13.3. The number of hydrogen-bond donors (Lipinski definition) is 2. The lowest BCUT2D eigenvalue weighted by Crippen LogP contribution is -2.37. The maximum Gasteiger partial charge on any atom is 0.273 e. The Labute approximate surface area is 208 Å². The van der Waals surface area contributed by atoms with Gasteiger partial charge >= 0.3 is 0 Å². The van der Waals surface area contributed by atoms with Gasteiger partial charge in [-0.1, -0.05) is 26.0 Å². The third kappa shape index (κ3) is 4.50. The van der Waals surface area contributed by atoms with Gasteiger partial charge in [-0.3, -0.25) is 19.4 Å². The molecule has 36 heavy (non-hydrogen) atoms. The van der Waals surface area contributed by atoms with Crippen molar-refractivity contribution in [3.8, 4) is 22.6 Å². The molecule has 4 aromatic heterocycles. The molecule has 9 heteroatoms. The number of anilines is 1. The monoisotopic (exact) mass is 478 g/mol. The van der Waals surface area contributed by atoms with Crippen molar-refractivity contribution in [2.45, 2.75) is 19.3 Å². The van der Waals surface area contributed by atoms with Crippen molar-refractivity contribution in [3.05, 3.63) is 84.6 Å². The Morgan fingerprint density at radius 3 is 2.58 bits per heavy atom. The van der Waals surface area contributed by atoms with E-state index in [1.807, 2.05) is 61.8 Å². The molecule has 0 unspecified atom stereocenters. The Kier molecular flexibility index (Phi) is 5.89. The number of nitrogens with zero attached hydrogens (tertiary/aromatic N) is 6. The molecule has 5 rings (SSSR count). The van der Waals surface area contributed by atoms with E-state index in [9.17, 15) is 4.79 Å². The summed E-state index contributed by atoms with van der Waals surface area (Å²) < 4.78 is 1.68. The van der Waals surface area contributed by atoms with E-state index in [1.54, 1.807) is 23.3 Å². The van der Waals surface area contributed by atoms with Crippen LogP contribution in [-0.4, -0.2) is 42.2 Å². The molecular weight excluding hydrogens is 452 g/mol. The van der Waals surface area contributed by atoms with Gasteiger partial charge in [0.1, 0.15) is 11.4 Å². The predicted octanol–water partition coefficient (Wildman–Crippen LogP) is 3.78. The summed E-state index contributed by atoms with van der Waals surface area (Å²) in [5.41, 5.74) is 10.4. The summed E-state index contributed by atoms with van der Waals surface area (Å²) in [5.74, 6) is -0.348. The van der Waals surface area contributed by atoms with Crippen LogP contribution >= 0.6 is 0 Å². The first kappa shape index (κ1) is 23.1. The summed E-state index contributed by atoms with van der Waals surface area (Å²) in [4.78, 5) is 31.0. The SMILES string of the molecule is Cn1ccc(-c2nc(N)c(C(=O)NCC(C)(C)c3ccncc3)nc2-c2ccc3ncccc3c2)n1. The van der Waals surface area contributed by atoms with Crippen LogP contribution in [0.25, 0.3) is 33.5 Å². The van der Waals surface area contributed by atoms with Crippen LogP contribution in [-0.2, 0) is 12.5 Å². The second-order valence-corrected chi connectivity index (χ2v) is 9.24. The van der Waals surface area contributed by atoms with Crippen LogP contribution in [0.15, 0.2) is 73.3 Å². The average molecular weight is 479 g/mol. The zero-order valence-electron chi connectivity index (χ0n) is 20.3. The summed E-state index contributed by atoms with van der Waals surface area (Å²) in [6, 6.07) is 15.4. The Balaban J connectivity index is 1.54. The van der Waals surface area contributed by atoms with Crippen molar-refractivity contribution in [2.75, 3.05) is 12.3 Å². The summed E-state index contributed by atoms with van der Waals surface area (Å²) >= 11 is 0. The molecular formula is C27H26N8O. The van der Waals surface area contributed by atoms with Crippen molar-refractivity contribution in [2.24, 2.45) is 7.05 Å². The van der Waals surface area contributed by atoms with Crippen LogP contribution in [0.5, 0.6) is 0 Å². The third-order valence-electron chi connectivity index (χ3n) is 6.12. The molecule has 1 amide bonds. The number of carbonyl (C=O) groups excluding carboxylic acids is 1. The average Bonchev–Trinajstić information content (AvgIpc) is 3.33. The summed E-state index contributed by atoms with van der Waals surface area (Å²) in [6.45, 7) is 4.49. The molecule has 0 saturated carbocycles. The smallest absolute Gasteiger partial charge is 0.273 e. The number of rotatable bonds is 6. The molecule has 0 atom stereocenters. The molecule has 0 fully saturated rings. The van der Waals surface area contributed by atoms with Gasteiger partial charge in [0.05, 0.1) is 11.2 Å². The number of amides is 1. The van der Waals surface area contributed by atoms with Crippen LogP contribution in [0.3, 0.4) is 0 Å². The maximum absolute atomic E-state index is 13.3. The zero-order valence-corrected chi connectivity index (χ0v) is 20.3. The number of carbonyl (C=O) groups is 1. The lowest BCUT2D eigenvalue weighted by molar-refractivity contribution is 0.0941. The normalized spacial score (nSPS) is 11.5. The van der Waals surface area contributed by atoms with Gasteiger partial charge < -0.3 is 11.1 Å². The van der Waals surface area contributed by atoms with Crippen molar-refractivity contribution >= 4 is 22.6 Å². The topological polar surface area (TPSA) is 124 Å². The first-order valence-corrected chi connectivity index (χ1v) is 11.5. The van der Waals surface area contributed by atoms with Gasteiger partial charge in [0.15, 0.2) is 11.5 Å². The van der Waals surface area contributed by atoms with Crippen molar-refractivity contribution in [3.63, 3.8) is 0 Å². The van der Waals surface area contributed by atoms with E-state index in [1.165, 1.54) is 0 Å². The van der Waals surface area contributed by atoms with Crippen molar-refractivity contribution < 1.29 is 4.79 Å². The summed E-state index contributed by atoms with van der Waals surface area (Å²) in [5, 5.41) is 8.42. The van der Waals surface area contributed by atoms with Gasteiger partial charge in [-0.15, -0.1) is 0 Å². The van der Waals surface area contributed by atoms with Crippen LogP contribution < -0.4 is 11.1 Å². The Morgan fingerprint density at radius 2 is 1.83 bits per heavy atom. The van der Waals surface area contributed by atoms with Crippen LogP contribution in [0, 0.1) is 0 Å². The lowest BCUT2D eigenvalue weighted by atomic mass is 9.85. The number of aromatic nitrogens is 6. The van der Waals surface area contributed by atoms with Crippen LogP contribution in [0.2, 0.25) is 0 Å². The molecule has 0 saturated heterocycles. The highest BCUT2D eigenvalue weighted by atomic mass is 16.1. The van der Waals surface area contributed by atoms with Crippen molar-refractivity contribution in [1.82, 2.24) is 35.0 Å². The highest BCUT2D eigenvalue weighted by Crippen LogP contribution is 2.31. The minimum atomic E-state index is -0.390.